The summed E-state index contributed by atoms with van der Waals surface area (Å²) in [7, 11) is 0. The minimum atomic E-state index is -0.856. The van der Waals surface area contributed by atoms with Crippen molar-refractivity contribution in [2.24, 2.45) is 0 Å². The van der Waals surface area contributed by atoms with Crippen LogP contribution < -0.4 is 5.32 Å². The Labute approximate surface area is 126 Å². The van der Waals surface area contributed by atoms with Crippen LogP contribution >= 0.6 is 0 Å². The zero-order chi connectivity index (χ0) is 16.0. The molecular formula is C17H36N2O. The molecule has 0 aromatic rings. The van der Waals surface area contributed by atoms with Gasteiger partial charge in [-0.05, 0) is 66.7 Å². The van der Waals surface area contributed by atoms with Crippen LogP contribution in [0.5, 0.6) is 0 Å². The van der Waals surface area contributed by atoms with Crippen LogP contribution in [0, 0.1) is 0 Å². The molecule has 1 heterocycles. The molecule has 1 saturated heterocycles. The Morgan fingerprint density at radius 1 is 1.00 bits per heavy atom. The molecule has 3 heteroatoms. The summed E-state index contributed by atoms with van der Waals surface area (Å²) in [6, 6.07) is 0. The lowest BCUT2D eigenvalue weighted by Gasteiger charge is -2.55. The Hall–Kier alpha value is -0.540. The van der Waals surface area contributed by atoms with Crippen LogP contribution in [0.4, 0.5) is 0 Å². The summed E-state index contributed by atoms with van der Waals surface area (Å²) in [4.78, 5) is 2.42. The molecule has 0 aromatic carbocycles. The summed E-state index contributed by atoms with van der Waals surface area (Å²) in [6.45, 7) is 20.1. The maximum atomic E-state index is 11.1. The fourth-order valence-electron chi connectivity index (χ4n) is 2.92. The number of aliphatic hydroxyl groups is 1. The average molecular weight is 284 g/mol. The summed E-state index contributed by atoms with van der Waals surface area (Å²) in [5.74, 6) is 0. The molecule has 0 bridgehead atoms. The normalized spacial score (nSPS) is 20.4. The fraction of sp³-hybridized carbons (Fsp3) is 0.882. The van der Waals surface area contributed by atoms with Crippen LogP contribution in [0.15, 0.2) is 12.8 Å². The molecule has 3 nitrogen and oxygen atoms in total. The van der Waals surface area contributed by atoms with Crippen LogP contribution in [0.25, 0.3) is 0 Å². The maximum absolute atomic E-state index is 11.1. The Morgan fingerprint density at radius 3 is 1.85 bits per heavy atom. The van der Waals surface area contributed by atoms with Gasteiger partial charge in [-0.15, -0.1) is 0 Å². The smallest absolute Gasteiger partial charge is 0.102 e. The number of nitrogens with zero attached hydrogens (tertiary/aromatic N) is 1. The second kappa shape index (κ2) is 7.46. The lowest BCUT2D eigenvalue weighted by Crippen LogP contribution is -2.71. The second-order valence-corrected chi connectivity index (χ2v) is 6.65. The standard InChI is InChI=1S/C15H30N2O.C2H6/c1-7-16-13(2,3)15(6,18)14(4,5)17-11-9-8-10-12-17;1-2/h7,16,18H,1,8-12H2,2-6H3;1-2H3. The summed E-state index contributed by atoms with van der Waals surface area (Å²) in [5.41, 5.74) is -1.55. The van der Waals surface area contributed by atoms with E-state index in [2.05, 4.69) is 30.6 Å². The largest absolute Gasteiger partial charge is 0.386 e. The van der Waals surface area contributed by atoms with E-state index in [-0.39, 0.29) is 5.54 Å². The average Bonchev–Trinajstić information content (AvgIpc) is 2.41. The molecule has 1 fully saturated rings. The maximum Gasteiger partial charge on any atom is 0.102 e. The molecule has 0 aromatic heterocycles. The Kier molecular flexibility index (Phi) is 7.26. The topological polar surface area (TPSA) is 35.5 Å². The minimum Gasteiger partial charge on any atom is -0.386 e. The van der Waals surface area contributed by atoms with Gasteiger partial charge >= 0.3 is 0 Å². The number of likely N-dealkylation sites (tertiary alicyclic amines) is 1. The Balaban J connectivity index is 0.00000172. The van der Waals surface area contributed by atoms with Gasteiger partial charge in [-0.1, -0.05) is 26.8 Å². The van der Waals surface area contributed by atoms with E-state index >= 15 is 0 Å². The highest BCUT2D eigenvalue weighted by molar-refractivity contribution is 5.11. The van der Waals surface area contributed by atoms with Gasteiger partial charge in [0.05, 0.1) is 5.54 Å². The van der Waals surface area contributed by atoms with Crippen LogP contribution in [0.3, 0.4) is 0 Å². The molecule has 0 spiro atoms. The van der Waals surface area contributed by atoms with Gasteiger partial charge in [-0.3, -0.25) is 4.90 Å². The van der Waals surface area contributed by atoms with Crippen molar-refractivity contribution in [3.05, 3.63) is 12.8 Å². The molecular weight excluding hydrogens is 248 g/mol. The van der Waals surface area contributed by atoms with Crippen LogP contribution in [0.2, 0.25) is 0 Å². The molecule has 1 aliphatic rings. The number of rotatable bonds is 5. The van der Waals surface area contributed by atoms with Crippen molar-refractivity contribution in [2.75, 3.05) is 13.1 Å². The molecule has 20 heavy (non-hydrogen) atoms. The third-order valence-electron chi connectivity index (χ3n) is 5.02. The quantitative estimate of drug-likeness (QED) is 0.810. The van der Waals surface area contributed by atoms with Crippen molar-refractivity contribution >= 4 is 0 Å². The lowest BCUT2D eigenvalue weighted by molar-refractivity contribution is -0.133. The van der Waals surface area contributed by atoms with Gasteiger partial charge in [0.15, 0.2) is 0 Å². The molecule has 0 radical (unpaired) electrons. The molecule has 2 N–H and O–H groups in total. The van der Waals surface area contributed by atoms with E-state index in [4.69, 9.17) is 0 Å². The summed E-state index contributed by atoms with van der Waals surface area (Å²) in [6.07, 6.45) is 5.44. The summed E-state index contributed by atoms with van der Waals surface area (Å²) < 4.78 is 0. The zero-order valence-electron chi connectivity index (χ0n) is 14.7. The van der Waals surface area contributed by atoms with E-state index < -0.39 is 11.1 Å². The van der Waals surface area contributed by atoms with Crippen molar-refractivity contribution in [1.82, 2.24) is 10.2 Å². The van der Waals surface area contributed by atoms with Gasteiger partial charge in [0.2, 0.25) is 0 Å². The van der Waals surface area contributed by atoms with E-state index in [9.17, 15) is 5.11 Å². The molecule has 1 unspecified atom stereocenters. The first-order chi connectivity index (χ1) is 9.17. The van der Waals surface area contributed by atoms with Gasteiger partial charge in [-0.2, -0.15) is 0 Å². The molecule has 1 aliphatic heterocycles. The van der Waals surface area contributed by atoms with Crippen molar-refractivity contribution < 1.29 is 5.11 Å². The predicted octanol–water partition coefficient (Wildman–Crippen LogP) is 3.54. The van der Waals surface area contributed by atoms with Crippen molar-refractivity contribution in [3.63, 3.8) is 0 Å². The SMILES string of the molecule is C=CNC(C)(C)C(C)(O)C(C)(C)N1CCCCC1.CC. The molecule has 1 rings (SSSR count). The molecule has 120 valence electrons. The van der Waals surface area contributed by atoms with E-state index in [0.717, 1.165) is 13.1 Å². The summed E-state index contributed by atoms with van der Waals surface area (Å²) in [5, 5.41) is 14.3. The van der Waals surface area contributed by atoms with E-state index in [1.54, 1.807) is 6.20 Å². The van der Waals surface area contributed by atoms with Crippen LogP contribution in [-0.4, -0.2) is 39.8 Å². The van der Waals surface area contributed by atoms with Gasteiger partial charge in [-0.25, -0.2) is 0 Å². The highest BCUT2D eigenvalue weighted by atomic mass is 16.3. The Bertz CT molecular complexity index is 289. The fourth-order valence-corrected chi connectivity index (χ4v) is 2.92. The second-order valence-electron chi connectivity index (χ2n) is 6.65. The number of hydrogen-bond donors (Lipinski definition) is 2. The first-order valence-electron chi connectivity index (χ1n) is 8.03. The van der Waals surface area contributed by atoms with Crippen LogP contribution in [0.1, 0.15) is 67.7 Å². The van der Waals surface area contributed by atoms with Crippen molar-refractivity contribution in [3.8, 4) is 0 Å². The monoisotopic (exact) mass is 284 g/mol. The van der Waals surface area contributed by atoms with Gasteiger partial charge in [0.25, 0.3) is 0 Å². The first-order valence-corrected chi connectivity index (χ1v) is 8.03. The third kappa shape index (κ3) is 3.76. The minimum absolute atomic E-state index is 0.271. The predicted molar refractivity (Wildman–Crippen MR) is 88.9 cm³/mol. The van der Waals surface area contributed by atoms with E-state index in [1.807, 2.05) is 34.6 Å². The summed E-state index contributed by atoms with van der Waals surface area (Å²) >= 11 is 0. The highest BCUT2D eigenvalue weighted by Crippen LogP contribution is 2.38. The van der Waals surface area contributed by atoms with Gasteiger partial charge < -0.3 is 10.4 Å². The molecule has 0 amide bonds. The van der Waals surface area contributed by atoms with Gasteiger partial charge in [0, 0.05) is 5.54 Å². The van der Waals surface area contributed by atoms with Crippen molar-refractivity contribution in [1.29, 1.82) is 0 Å². The van der Waals surface area contributed by atoms with E-state index in [0.29, 0.717) is 0 Å². The number of hydrogen-bond acceptors (Lipinski definition) is 3. The lowest BCUT2D eigenvalue weighted by atomic mass is 9.70. The van der Waals surface area contributed by atoms with Gasteiger partial charge in [0.1, 0.15) is 5.60 Å². The van der Waals surface area contributed by atoms with Crippen molar-refractivity contribution in [2.45, 2.75) is 84.4 Å². The Morgan fingerprint density at radius 2 is 1.45 bits per heavy atom. The van der Waals surface area contributed by atoms with Crippen LogP contribution in [-0.2, 0) is 0 Å². The zero-order valence-corrected chi connectivity index (χ0v) is 14.7. The molecule has 0 saturated carbocycles. The number of nitrogens with one attached hydrogen (secondary N) is 1. The number of piperidine rings is 1. The third-order valence-corrected chi connectivity index (χ3v) is 5.02. The molecule has 0 aliphatic carbocycles. The highest BCUT2D eigenvalue weighted by Gasteiger charge is 2.52. The molecule has 1 atom stereocenters. The first kappa shape index (κ1) is 19.5. The van der Waals surface area contributed by atoms with E-state index in [1.165, 1.54) is 19.3 Å².